The summed E-state index contributed by atoms with van der Waals surface area (Å²) in [6.45, 7) is 6.37. The number of likely N-dealkylation sites (tertiary alicyclic amines) is 1. The Kier molecular flexibility index (Phi) is 5.00. The number of aryl methyl sites for hydroxylation is 1. The van der Waals surface area contributed by atoms with Gasteiger partial charge in [-0.05, 0) is 45.2 Å². The molecule has 1 fully saturated rings. The molecule has 6 heteroatoms. The van der Waals surface area contributed by atoms with Crippen LogP contribution in [0.15, 0.2) is 6.07 Å². The predicted octanol–water partition coefficient (Wildman–Crippen LogP) is 3.58. The van der Waals surface area contributed by atoms with Gasteiger partial charge in [-0.25, -0.2) is 0 Å². The maximum absolute atomic E-state index is 12.6. The Balaban J connectivity index is 2.11. The number of nitrogens with zero attached hydrogens (tertiary/aromatic N) is 2. The van der Waals surface area contributed by atoms with Crippen LogP contribution in [0.1, 0.15) is 41.5 Å². The number of hydrogen-bond donors (Lipinski definition) is 0. The largest absolute Gasteiger partial charge is 0.406 e. The van der Waals surface area contributed by atoms with E-state index in [1.807, 2.05) is 0 Å². The summed E-state index contributed by atoms with van der Waals surface area (Å²) in [5, 5.41) is 0. The van der Waals surface area contributed by atoms with Crippen LogP contribution in [0.25, 0.3) is 0 Å². The third kappa shape index (κ3) is 4.12. The smallest absolute Gasteiger partial charge is 0.339 e. The Morgan fingerprint density at radius 2 is 2.05 bits per heavy atom. The summed E-state index contributed by atoms with van der Waals surface area (Å²) in [7, 11) is 0. The first kappa shape index (κ1) is 17.1. The van der Waals surface area contributed by atoms with E-state index in [1.165, 1.54) is 11.0 Å². The van der Waals surface area contributed by atoms with Gasteiger partial charge in [0, 0.05) is 23.5 Å². The van der Waals surface area contributed by atoms with Crippen LogP contribution in [-0.2, 0) is 6.54 Å². The zero-order chi connectivity index (χ0) is 16.5. The number of rotatable bonds is 4. The van der Waals surface area contributed by atoms with Crippen LogP contribution in [0.5, 0.6) is 0 Å². The summed E-state index contributed by atoms with van der Waals surface area (Å²) in [6.07, 6.45) is -2.04. The molecule has 1 aliphatic heterocycles. The standard InChI is InChI=1S/C16H23F3N2O/c1-11-5-4-6-20(8-11)9-15(22)14-7-12(2)21(13(14)3)10-16(17,18)19/h7,11H,4-6,8-10H2,1-3H3. The molecular formula is C16H23F3N2O. The van der Waals surface area contributed by atoms with Gasteiger partial charge in [0.1, 0.15) is 6.54 Å². The molecule has 0 N–H and O–H groups in total. The van der Waals surface area contributed by atoms with E-state index in [2.05, 4.69) is 11.8 Å². The molecule has 0 aliphatic carbocycles. The number of Topliss-reactive ketones (excluding diaryl/α,β-unsaturated/α-hetero) is 1. The van der Waals surface area contributed by atoms with E-state index in [-0.39, 0.29) is 5.78 Å². The van der Waals surface area contributed by atoms with Gasteiger partial charge in [-0.3, -0.25) is 9.69 Å². The van der Waals surface area contributed by atoms with Crippen molar-refractivity contribution in [1.82, 2.24) is 9.47 Å². The van der Waals surface area contributed by atoms with E-state index in [9.17, 15) is 18.0 Å². The lowest BCUT2D eigenvalue weighted by Crippen LogP contribution is -2.38. The van der Waals surface area contributed by atoms with Crippen molar-refractivity contribution in [3.63, 3.8) is 0 Å². The molecule has 2 heterocycles. The zero-order valence-electron chi connectivity index (χ0n) is 13.3. The Morgan fingerprint density at radius 3 is 2.64 bits per heavy atom. The van der Waals surface area contributed by atoms with Crippen LogP contribution >= 0.6 is 0 Å². The molecule has 0 aromatic carbocycles. The van der Waals surface area contributed by atoms with Crippen LogP contribution < -0.4 is 0 Å². The summed E-state index contributed by atoms with van der Waals surface area (Å²) in [5.41, 5.74) is 1.30. The fourth-order valence-electron chi connectivity index (χ4n) is 3.22. The van der Waals surface area contributed by atoms with Gasteiger partial charge in [-0.1, -0.05) is 6.92 Å². The maximum atomic E-state index is 12.6. The number of ketones is 1. The molecule has 1 atom stereocenters. The average molecular weight is 316 g/mol. The second kappa shape index (κ2) is 6.44. The summed E-state index contributed by atoms with van der Waals surface area (Å²) >= 11 is 0. The SMILES string of the molecule is Cc1cc(C(=O)CN2CCCC(C)C2)c(C)n1CC(F)(F)F. The van der Waals surface area contributed by atoms with Crippen LogP contribution in [-0.4, -0.2) is 41.1 Å². The second-order valence-corrected chi connectivity index (χ2v) is 6.39. The van der Waals surface area contributed by atoms with Gasteiger partial charge >= 0.3 is 6.18 Å². The third-order valence-corrected chi connectivity index (χ3v) is 4.32. The summed E-state index contributed by atoms with van der Waals surface area (Å²) in [4.78, 5) is 14.5. The molecular weight excluding hydrogens is 293 g/mol. The minimum Gasteiger partial charge on any atom is -0.339 e. The molecule has 1 aromatic heterocycles. The molecule has 0 radical (unpaired) electrons. The highest BCUT2D eigenvalue weighted by Crippen LogP contribution is 2.24. The van der Waals surface area contributed by atoms with E-state index in [0.717, 1.165) is 19.5 Å². The highest BCUT2D eigenvalue weighted by atomic mass is 19.4. The van der Waals surface area contributed by atoms with Gasteiger partial charge in [0.05, 0.1) is 6.54 Å². The van der Waals surface area contributed by atoms with Crippen molar-refractivity contribution in [3.05, 3.63) is 23.0 Å². The minimum absolute atomic E-state index is 0.0874. The second-order valence-electron chi connectivity index (χ2n) is 6.39. The molecule has 0 spiro atoms. The lowest BCUT2D eigenvalue weighted by molar-refractivity contribution is -0.141. The number of hydrogen-bond acceptors (Lipinski definition) is 2. The number of halogens is 3. The molecule has 1 aromatic rings. The fraction of sp³-hybridized carbons (Fsp3) is 0.688. The molecule has 0 bridgehead atoms. The number of carbonyl (C=O) groups excluding carboxylic acids is 1. The van der Waals surface area contributed by atoms with Crippen LogP contribution in [0.3, 0.4) is 0 Å². The normalized spacial score (nSPS) is 20.4. The number of piperidine rings is 1. The number of aromatic nitrogens is 1. The molecule has 22 heavy (non-hydrogen) atoms. The van der Waals surface area contributed by atoms with Gasteiger partial charge in [-0.15, -0.1) is 0 Å². The van der Waals surface area contributed by atoms with Gasteiger partial charge in [0.25, 0.3) is 0 Å². The Labute approximate surface area is 129 Å². The topological polar surface area (TPSA) is 25.2 Å². The molecule has 1 unspecified atom stereocenters. The van der Waals surface area contributed by atoms with E-state index < -0.39 is 12.7 Å². The van der Waals surface area contributed by atoms with Gasteiger partial charge < -0.3 is 4.57 Å². The monoisotopic (exact) mass is 316 g/mol. The molecule has 124 valence electrons. The van der Waals surface area contributed by atoms with Crippen molar-refractivity contribution in [3.8, 4) is 0 Å². The Morgan fingerprint density at radius 1 is 1.36 bits per heavy atom. The Bertz CT molecular complexity index is 548. The molecule has 0 amide bonds. The zero-order valence-corrected chi connectivity index (χ0v) is 13.3. The number of carbonyl (C=O) groups is 1. The molecule has 1 aliphatic rings. The first-order valence-corrected chi connectivity index (χ1v) is 7.66. The minimum atomic E-state index is -4.28. The van der Waals surface area contributed by atoms with Crippen molar-refractivity contribution in [2.45, 2.75) is 46.3 Å². The quantitative estimate of drug-likeness (QED) is 0.793. The predicted molar refractivity (Wildman–Crippen MR) is 79.1 cm³/mol. The van der Waals surface area contributed by atoms with E-state index in [0.29, 0.717) is 29.4 Å². The first-order valence-electron chi connectivity index (χ1n) is 7.66. The lowest BCUT2D eigenvalue weighted by Gasteiger charge is -2.30. The molecule has 0 saturated carbocycles. The maximum Gasteiger partial charge on any atom is 0.406 e. The number of alkyl halides is 3. The van der Waals surface area contributed by atoms with E-state index >= 15 is 0 Å². The molecule has 1 saturated heterocycles. The molecule has 3 nitrogen and oxygen atoms in total. The van der Waals surface area contributed by atoms with E-state index in [1.54, 1.807) is 19.9 Å². The van der Waals surface area contributed by atoms with Crippen LogP contribution in [0.4, 0.5) is 13.2 Å². The lowest BCUT2D eigenvalue weighted by atomic mass is 9.99. The summed E-state index contributed by atoms with van der Waals surface area (Å²) in [6, 6.07) is 1.58. The highest BCUT2D eigenvalue weighted by molar-refractivity contribution is 5.99. The van der Waals surface area contributed by atoms with Crippen molar-refractivity contribution < 1.29 is 18.0 Å². The van der Waals surface area contributed by atoms with Crippen LogP contribution in [0.2, 0.25) is 0 Å². The first-order chi connectivity index (χ1) is 10.2. The van der Waals surface area contributed by atoms with Crippen molar-refractivity contribution >= 4 is 5.78 Å². The highest BCUT2D eigenvalue weighted by Gasteiger charge is 2.30. The third-order valence-electron chi connectivity index (χ3n) is 4.32. The fourth-order valence-corrected chi connectivity index (χ4v) is 3.22. The van der Waals surface area contributed by atoms with Gasteiger partial charge in [0.15, 0.2) is 5.78 Å². The van der Waals surface area contributed by atoms with Crippen molar-refractivity contribution in [2.24, 2.45) is 5.92 Å². The summed E-state index contributed by atoms with van der Waals surface area (Å²) < 4.78 is 39.0. The van der Waals surface area contributed by atoms with Crippen LogP contribution in [0, 0.1) is 19.8 Å². The van der Waals surface area contributed by atoms with Crippen molar-refractivity contribution in [1.29, 1.82) is 0 Å². The van der Waals surface area contributed by atoms with E-state index in [4.69, 9.17) is 0 Å². The van der Waals surface area contributed by atoms with Gasteiger partial charge in [0.2, 0.25) is 0 Å². The van der Waals surface area contributed by atoms with Crippen molar-refractivity contribution in [2.75, 3.05) is 19.6 Å². The van der Waals surface area contributed by atoms with Gasteiger partial charge in [-0.2, -0.15) is 13.2 Å². The molecule has 2 rings (SSSR count). The average Bonchev–Trinajstić information content (AvgIpc) is 2.65. The Hall–Kier alpha value is -1.30. The summed E-state index contributed by atoms with van der Waals surface area (Å²) in [5.74, 6) is 0.481.